The normalized spacial score (nSPS) is 17.2. The second-order valence-electron chi connectivity index (χ2n) is 7.68. The predicted molar refractivity (Wildman–Crippen MR) is 116 cm³/mol. The molecule has 0 saturated carbocycles. The van der Waals surface area contributed by atoms with Crippen molar-refractivity contribution in [1.29, 1.82) is 0 Å². The van der Waals surface area contributed by atoms with Gasteiger partial charge in [0.1, 0.15) is 5.75 Å². The lowest BCUT2D eigenvalue weighted by Crippen LogP contribution is -2.36. The smallest absolute Gasteiger partial charge is 0.265 e. The van der Waals surface area contributed by atoms with E-state index in [0.717, 1.165) is 19.3 Å². The van der Waals surface area contributed by atoms with Gasteiger partial charge in [0.05, 0.1) is 5.75 Å². The number of nitrogens with one attached hydrogen (secondary N) is 1. The third-order valence-corrected chi connectivity index (χ3v) is 7.13. The van der Waals surface area contributed by atoms with E-state index in [2.05, 4.69) is 5.32 Å². The van der Waals surface area contributed by atoms with Crippen molar-refractivity contribution in [3.63, 3.8) is 0 Å². The Kier molecular flexibility index (Phi) is 6.33. The number of anilines is 1. The van der Waals surface area contributed by atoms with E-state index in [0.29, 0.717) is 41.6 Å². The fourth-order valence-corrected chi connectivity index (χ4v) is 5.23. The van der Waals surface area contributed by atoms with Crippen LogP contribution in [0.1, 0.15) is 31.7 Å². The number of fused-ring (bicyclic) bond motifs is 1. The quantitative estimate of drug-likeness (QED) is 0.702. The van der Waals surface area contributed by atoms with Crippen LogP contribution in [0.2, 0.25) is 0 Å². The minimum atomic E-state index is -3.37. The van der Waals surface area contributed by atoms with Crippen LogP contribution in [0.25, 0.3) is 0 Å². The van der Waals surface area contributed by atoms with Gasteiger partial charge < -0.3 is 19.5 Å². The molecule has 2 aliphatic heterocycles. The van der Waals surface area contributed by atoms with E-state index in [9.17, 15) is 13.2 Å². The molecule has 8 nitrogen and oxygen atoms in total. The standard InChI is InChI=1S/C22H26N2O6S/c1-16(30-19-8-9-20-21(13-19)29-15-28-20)22(25)23-18-7-5-6-17(12-18)14-31(26,27)24-10-3-2-4-11-24/h5-9,12-13,16H,2-4,10-11,14-15H2,1H3,(H,23,25)/t16-/m0/s1. The summed E-state index contributed by atoms with van der Waals surface area (Å²) < 4.78 is 43.2. The van der Waals surface area contributed by atoms with Gasteiger partial charge in [-0.2, -0.15) is 0 Å². The van der Waals surface area contributed by atoms with Gasteiger partial charge in [-0.25, -0.2) is 12.7 Å². The van der Waals surface area contributed by atoms with Gasteiger partial charge in [-0.3, -0.25) is 4.79 Å². The molecule has 1 saturated heterocycles. The summed E-state index contributed by atoms with van der Waals surface area (Å²) in [5.41, 5.74) is 1.16. The van der Waals surface area contributed by atoms with E-state index in [1.54, 1.807) is 53.7 Å². The Morgan fingerprint density at radius 1 is 1.10 bits per heavy atom. The summed E-state index contributed by atoms with van der Waals surface area (Å²) in [6.45, 7) is 2.96. The van der Waals surface area contributed by atoms with Crippen molar-refractivity contribution in [3.05, 3.63) is 48.0 Å². The number of carbonyl (C=O) groups is 1. The lowest BCUT2D eigenvalue weighted by molar-refractivity contribution is -0.122. The second kappa shape index (κ2) is 9.15. The SMILES string of the molecule is C[C@H](Oc1ccc2c(c1)OCO2)C(=O)Nc1cccc(CS(=O)(=O)N2CCCCC2)c1. The summed E-state index contributed by atoms with van der Waals surface area (Å²) in [5, 5.41) is 2.79. The molecular formula is C22H26N2O6S. The van der Waals surface area contributed by atoms with Crippen LogP contribution in [0.5, 0.6) is 17.2 Å². The fourth-order valence-electron chi connectivity index (χ4n) is 3.64. The molecule has 1 amide bonds. The zero-order valence-electron chi connectivity index (χ0n) is 17.4. The number of nitrogens with zero attached hydrogens (tertiary/aromatic N) is 1. The fraction of sp³-hybridized carbons (Fsp3) is 0.409. The molecule has 4 rings (SSSR count). The number of rotatable bonds is 7. The Morgan fingerprint density at radius 2 is 1.87 bits per heavy atom. The van der Waals surface area contributed by atoms with Gasteiger partial charge in [-0.1, -0.05) is 18.6 Å². The van der Waals surface area contributed by atoms with Gasteiger partial charge in [0.2, 0.25) is 16.8 Å². The first-order valence-electron chi connectivity index (χ1n) is 10.3. The number of sulfonamides is 1. The van der Waals surface area contributed by atoms with E-state index >= 15 is 0 Å². The number of carbonyl (C=O) groups excluding carboxylic acids is 1. The van der Waals surface area contributed by atoms with Crippen LogP contribution in [-0.4, -0.2) is 44.6 Å². The molecule has 0 radical (unpaired) electrons. The zero-order chi connectivity index (χ0) is 21.8. The molecule has 0 spiro atoms. The molecule has 31 heavy (non-hydrogen) atoms. The van der Waals surface area contributed by atoms with Crippen LogP contribution >= 0.6 is 0 Å². The number of benzene rings is 2. The molecule has 0 aliphatic carbocycles. The summed E-state index contributed by atoms with van der Waals surface area (Å²) in [6, 6.07) is 12.0. The highest BCUT2D eigenvalue weighted by Gasteiger charge is 2.24. The number of hydrogen-bond acceptors (Lipinski definition) is 6. The average molecular weight is 447 g/mol. The third-order valence-electron chi connectivity index (χ3n) is 5.28. The second-order valence-corrected chi connectivity index (χ2v) is 9.65. The van der Waals surface area contributed by atoms with Gasteiger partial charge in [0, 0.05) is 24.8 Å². The van der Waals surface area contributed by atoms with Crippen LogP contribution in [0.3, 0.4) is 0 Å². The molecule has 0 bridgehead atoms. The summed E-state index contributed by atoms with van der Waals surface area (Å²) in [4.78, 5) is 12.6. The van der Waals surface area contributed by atoms with E-state index in [-0.39, 0.29) is 18.5 Å². The van der Waals surface area contributed by atoms with Crippen LogP contribution in [-0.2, 0) is 20.6 Å². The molecule has 2 aromatic carbocycles. The topological polar surface area (TPSA) is 94.2 Å². The molecular weight excluding hydrogens is 420 g/mol. The van der Waals surface area contributed by atoms with Crippen LogP contribution in [0.15, 0.2) is 42.5 Å². The molecule has 2 aliphatic rings. The largest absolute Gasteiger partial charge is 0.481 e. The van der Waals surface area contributed by atoms with Crippen LogP contribution in [0.4, 0.5) is 5.69 Å². The first-order chi connectivity index (χ1) is 14.9. The van der Waals surface area contributed by atoms with Crippen molar-refractivity contribution in [1.82, 2.24) is 4.31 Å². The summed E-state index contributed by atoms with van der Waals surface area (Å²) in [7, 11) is -3.37. The van der Waals surface area contributed by atoms with Gasteiger partial charge in [0.25, 0.3) is 5.91 Å². The third kappa shape index (κ3) is 5.29. The maximum absolute atomic E-state index is 12.7. The Balaban J connectivity index is 1.37. The van der Waals surface area contributed by atoms with E-state index < -0.39 is 16.1 Å². The number of amides is 1. The Bertz CT molecular complexity index is 1050. The summed E-state index contributed by atoms with van der Waals surface area (Å²) in [6.07, 6.45) is 2.11. The van der Waals surface area contributed by atoms with Crippen molar-refractivity contribution < 1.29 is 27.4 Å². The average Bonchev–Trinajstić information content (AvgIpc) is 3.22. The molecule has 0 aromatic heterocycles. The van der Waals surface area contributed by atoms with Crippen molar-refractivity contribution in [2.75, 3.05) is 25.2 Å². The molecule has 0 unspecified atom stereocenters. The number of piperidine rings is 1. The van der Waals surface area contributed by atoms with Crippen molar-refractivity contribution >= 4 is 21.6 Å². The first-order valence-corrected chi connectivity index (χ1v) is 12.0. The lowest BCUT2D eigenvalue weighted by Gasteiger charge is -2.26. The van der Waals surface area contributed by atoms with E-state index in [4.69, 9.17) is 14.2 Å². The number of ether oxygens (including phenoxy) is 3. The summed E-state index contributed by atoms with van der Waals surface area (Å²) >= 11 is 0. The van der Waals surface area contributed by atoms with Crippen LogP contribution < -0.4 is 19.5 Å². The molecule has 9 heteroatoms. The Hall–Kier alpha value is -2.78. The van der Waals surface area contributed by atoms with Gasteiger partial charge in [-0.15, -0.1) is 0 Å². The maximum Gasteiger partial charge on any atom is 0.265 e. The molecule has 1 fully saturated rings. The van der Waals surface area contributed by atoms with E-state index in [1.807, 2.05) is 0 Å². The van der Waals surface area contributed by atoms with Crippen LogP contribution in [0, 0.1) is 0 Å². The molecule has 166 valence electrons. The van der Waals surface area contributed by atoms with Crippen molar-refractivity contribution in [2.45, 2.75) is 38.0 Å². The van der Waals surface area contributed by atoms with Crippen molar-refractivity contribution in [3.8, 4) is 17.2 Å². The monoisotopic (exact) mass is 446 g/mol. The lowest BCUT2D eigenvalue weighted by atomic mass is 10.2. The molecule has 2 aromatic rings. The minimum absolute atomic E-state index is 0.0834. The molecule has 1 atom stereocenters. The zero-order valence-corrected chi connectivity index (χ0v) is 18.2. The summed E-state index contributed by atoms with van der Waals surface area (Å²) in [5.74, 6) is 1.29. The predicted octanol–water partition coefficient (Wildman–Crippen LogP) is 3.14. The minimum Gasteiger partial charge on any atom is -0.481 e. The van der Waals surface area contributed by atoms with Gasteiger partial charge in [-0.05, 0) is 49.6 Å². The van der Waals surface area contributed by atoms with Crippen molar-refractivity contribution in [2.24, 2.45) is 0 Å². The highest BCUT2D eigenvalue weighted by molar-refractivity contribution is 7.88. The first kappa shape index (κ1) is 21.5. The van der Waals surface area contributed by atoms with E-state index in [1.165, 1.54) is 0 Å². The van der Waals surface area contributed by atoms with Gasteiger partial charge in [0.15, 0.2) is 17.6 Å². The number of hydrogen-bond donors (Lipinski definition) is 1. The maximum atomic E-state index is 12.7. The highest BCUT2D eigenvalue weighted by Crippen LogP contribution is 2.35. The molecule has 1 N–H and O–H groups in total. The Morgan fingerprint density at radius 3 is 2.68 bits per heavy atom. The Labute approximate surface area is 182 Å². The molecule has 2 heterocycles. The highest BCUT2D eigenvalue weighted by atomic mass is 32.2. The van der Waals surface area contributed by atoms with Gasteiger partial charge >= 0.3 is 0 Å².